The molecule has 6 heteroatoms. The Balaban J connectivity index is 1.91. The fraction of sp³-hybridized carbons (Fsp3) is 0.923. The van der Waals surface area contributed by atoms with Crippen LogP contribution < -0.4 is 4.72 Å². The van der Waals surface area contributed by atoms with Gasteiger partial charge in [-0.3, -0.25) is 4.79 Å². The van der Waals surface area contributed by atoms with Gasteiger partial charge < -0.3 is 5.11 Å². The lowest BCUT2D eigenvalue weighted by Crippen LogP contribution is -2.42. The molecule has 0 spiro atoms. The van der Waals surface area contributed by atoms with Crippen molar-refractivity contribution in [1.29, 1.82) is 0 Å². The second kappa shape index (κ2) is 6.22. The molecule has 2 fully saturated rings. The first-order chi connectivity index (χ1) is 8.98. The number of hydrogen-bond acceptors (Lipinski definition) is 3. The van der Waals surface area contributed by atoms with Gasteiger partial charge in [0.25, 0.3) is 0 Å². The summed E-state index contributed by atoms with van der Waals surface area (Å²) in [6.45, 7) is 0. The molecule has 2 aliphatic rings. The van der Waals surface area contributed by atoms with Gasteiger partial charge in [-0.1, -0.05) is 25.7 Å². The molecule has 5 nitrogen and oxygen atoms in total. The Kier molecular flexibility index (Phi) is 4.84. The molecule has 0 aromatic heterocycles. The van der Waals surface area contributed by atoms with E-state index in [1.54, 1.807) is 0 Å². The first-order valence-corrected chi connectivity index (χ1v) is 8.86. The van der Waals surface area contributed by atoms with E-state index >= 15 is 0 Å². The number of sulfonamides is 1. The van der Waals surface area contributed by atoms with Crippen LogP contribution in [0.3, 0.4) is 0 Å². The van der Waals surface area contributed by atoms with E-state index in [0.717, 1.165) is 32.1 Å². The monoisotopic (exact) mass is 289 g/mol. The Labute approximate surface area is 114 Å². The third kappa shape index (κ3) is 4.18. The molecule has 0 bridgehead atoms. The third-order valence-corrected chi connectivity index (χ3v) is 5.92. The molecule has 2 unspecified atom stereocenters. The molecule has 2 aliphatic carbocycles. The molecular formula is C13H23NO4S. The summed E-state index contributed by atoms with van der Waals surface area (Å²) < 4.78 is 26.9. The molecule has 2 saturated carbocycles. The van der Waals surface area contributed by atoms with Gasteiger partial charge in [0.2, 0.25) is 10.0 Å². The van der Waals surface area contributed by atoms with Crippen molar-refractivity contribution in [3.63, 3.8) is 0 Å². The van der Waals surface area contributed by atoms with Crippen LogP contribution in [0.1, 0.15) is 51.4 Å². The normalized spacial score (nSPS) is 29.5. The summed E-state index contributed by atoms with van der Waals surface area (Å²) in [5, 5.41) is 9.07. The second-order valence-corrected chi connectivity index (χ2v) is 7.68. The van der Waals surface area contributed by atoms with Crippen LogP contribution in [0.4, 0.5) is 0 Å². The number of aliphatic carboxylic acids is 1. The average Bonchev–Trinajstić information content (AvgIpc) is 2.77. The van der Waals surface area contributed by atoms with Crippen LogP contribution in [0.15, 0.2) is 0 Å². The topological polar surface area (TPSA) is 83.5 Å². The lowest BCUT2D eigenvalue weighted by atomic mass is 9.91. The van der Waals surface area contributed by atoms with Crippen molar-refractivity contribution in [2.75, 3.05) is 5.75 Å². The molecule has 110 valence electrons. The maximum Gasteiger partial charge on any atom is 0.308 e. The van der Waals surface area contributed by atoms with Gasteiger partial charge in [-0.25, -0.2) is 13.1 Å². The highest BCUT2D eigenvalue weighted by Crippen LogP contribution is 2.28. The molecule has 0 aliphatic heterocycles. The van der Waals surface area contributed by atoms with Crippen LogP contribution in [0.2, 0.25) is 0 Å². The van der Waals surface area contributed by atoms with Crippen LogP contribution in [0, 0.1) is 11.8 Å². The molecule has 2 atom stereocenters. The lowest BCUT2D eigenvalue weighted by Gasteiger charge is -2.23. The number of hydrogen-bond donors (Lipinski definition) is 2. The number of carbonyl (C=O) groups is 1. The molecule has 0 aromatic carbocycles. The maximum absolute atomic E-state index is 12.1. The molecule has 19 heavy (non-hydrogen) atoms. The fourth-order valence-corrected chi connectivity index (χ4v) is 5.13. The van der Waals surface area contributed by atoms with E-state index in [9.17, 15) is 13.2 Å². The molecule has 2 rings (SSSR count). The van der Waals surface area contributed by atoms with Gasteiger partial charge in [-0.2, -0.15) is 0 Å². The Morgan fingerprint density at radius 1 is 1.05 bits per heavy atom. The van der Waals surface area contributed by atoms with E-state index in [2.05, 4.69) is 4.72 Å². The number of carboxylic acid groups (broad SMARTS) is 1. The molecule has 0 aromatic rings. The predicted molar refractivity (Wildman–Crippen MR) is 72.3 cm³/mol. The number of nitrogens with one attached hydrogen (secondary N) is 1. The molecule has 0 saturated heterocycles. The largest absolute Gasteiger partial charge is 0.481 e. The Hall–Kier alpha value is -0.620. The van der Waals surface area contributed by atoms with Crippen molar-refractivity contribution in [2.45, 2.75) is 57.4 Å². The zero-order valence-electron chi connectivity index (χ0n) is 11.2. The molecular weight excluding hydrogens is 266 g/mol. The van der Waals surface area contributed by atoms with Crippen molar-refractivity contribution in [3.05, 3.63) is 0 Å². The van der Waals surface area contributed by atoms with Crippen LogP contribution in [0.5, 0.6) is 0 Å². The summed E-state index contributed by atoms with van der Waals surface area (Å²) in [6.07, 6.45) is 7.39. The first-order valence-electron chi connectivity index (χ1n) is 7.21. The van der Waals surface area contributed by atoms with Gasteiger partial charge in [-0.15, -0.1) is 0 Å². The molecule has 0 amide bonds. The van der Waals surface area contributed by atoms with Gasteiger partial charge in [0.1, 0.15) is 0 Å². The third-order valence-electron chi connectivity index (χ3n) is 4.34. The van der Waals surface area contributed by atoms with Crippen LogP contribution >= 0.6 is 0 Å². The summed E-state index contributed by atoms with van der Waals surface area (Å²) >= 11 is 0. The number of rotatable bonds is 5. The summed E-state index contributed by atoms with van der Waals surface area (Å²) in [6, 6.07) is -0.411. The smallest absolute Gasteiger partial charge is 0.308 e. The fourth-order valence-electron chi connectivity index (χ4n) is 3.34. The average molecular weight is 289 g/mol. The summed E-state index contributed by atoms with van der Waals surface area (Å²) in [5.74, 6) is -1.03. The van der Waals surface area contributed by atoms with Gasteiger partial charge >= 0.3 is 5.97 Å². The zero-order chi connectivity index (χ0) is 13.9. The Morgan fingerprint density at radius 3 is 2.37 bits per heavy atom. The van der Waals surface area contributed by atoms with Gasteiger partial charge in [0.15, 0.2) is 0 Å². The Morgan fingerprint density at radius 2 is 1.74 bits per heavy atom. The van der Waals surface area contributed by atoms with E-state index in [4.69, 9.17) is 5.11 Å². The maximum atomic E-state index is 12.1. The minimum Gasteiger partial charge on any atom is -0.481 e. The van der Waals surface area contributed by atoms with Crippen molar-refractivity contribution in [1.82, 2.24) is 4.72 Å². The summed E-state index contributed by atoms with van der Waals surface area (Å²) in [7, 11) is -3.34. The molecule has 2 N–H and O–H groups in total. The van der Waals surface area contributed by atoms with Gasteiger partial charge in [0.05, 0.1) is 11.7 Å². The van der Waals surface area contributed by atoms with Gasteiger partial charge in [-0.05, 0) is 31.6 Å². The van der Waals surface area contributed by atoms with Crippen molar-refractivity contribution in [2.24, 2.45) is 11.8 Å². The molecule has 0 heterocycles. The zero-order valence-corrected chi connectivity index (χ0v) is 12.0. The van der Waals surface area contributed by atoms with E-state index in [1.807, 2.05) is 0 Å². The minimum atomic E-state index is -3.34. The van der Waals surface area contributed by atoms with Crippen LogP contribution in [-0.2, 0) is 14.8 Å². The van der Waals surface area contributed by atoms with E-state index < -0.39 is 28.0 Å². The van der Waals surface area contributed by atoms with E-state index in [-0.39, 0.29) is 11.7 Å². The van der Waals surface area contributed by atoms with Crippen molar-refractivity contribution < 1.29 is 18.3 Å². The standard InChI is InChI=1S/C13H23NO4S/c15-13(16)11-7-4-8-12(11)14-19(17,18)9-10-5-2-1-3-6-10/h10-12,14H,1-9H2,(H,15,16). The summed E-state index contributed by atoms with van der Waals surface area (Å²) in [5.41, 5.74) is 0. The second-order valence-electron chi connectivity index (χ2n) is 5.89. The predicted octanol–water partition coefficient (Wildman–Crippen LogP) is 1.74. The Bertz CT molecular complexity index is 414. The van der Waals surface area contributed by atoms with Crippen molar-refractivity contribution in [3.8, 4) is 0 Å². The highest BCUT2D eigenvalue weighted by atomic mass is 32.2. The highest BCUT2D eigenvalue weighted by Gasteiger charge is 2.36. The number of carboxylic acids is 1. The van der Waals surface area contributed by atoms with Crippen LogP contribution in [0.25, 0.3) is 0 Å². The molecule has 0 radical (unpaired) electrons. The van der Waals surface area contributed by atoms with Crippen LogP contribution in [-0.4, -0.2) is 31.3 Å². The summed E-state index contributed by atoms with van der Waals surface area (Å²) in [4.78, 5) is 11.1. The first kappa shape index (κ1) is 14.8. The lowest BCUT2D eigenvalue weighted by molar-refractivity contribution is -0.141. The quantitative estimate of drug-likeness (QED) is 0.807. The van der Waals surface area contributed by atoms with E-state index in [0.29, 0.717) is 12.8 Å². The highest BCUT2D eigenvalue weighted by molar-refractivity contribution is 7.89. The van der Waals surface area contributed by atoms with Gasteiger partial charge in [0, 0.05) is 6.04 Å². The van der Waals surface area contributed by atoms with E-state index in [1.165, 1.54) is 6.42 Å². The van der Waals surface area contributed by atoms with Crippen molar-refractivity contribution >= 4 is 16.0 Å². The minimum absolute atomic E-state index is 0.163. The SMILES string of the molecule is O=C(O)C1CCCC1NS(=O)(=O)CC1CCCCC1.